The van der Waals surface area contributed by atoms with Crippen LogP contribution in [0.5, 0.6) is 0 Å². The minimum atomic E-state index is -4.64. The third-order valence-corrected chi connectivity index (χ3v) is 11.3. The number of nitrogens with zero attached hydrogens (tertiary/aromatic N) is 7. The molecule has 0 saturated heterocycles. The quantitative estimate of drug-likeness (QED) is 0.148. The maximum Gasteiger partial charge on any atom is 0.416 e. The van der Waals surface area contributed by atoms with E-state index in [1.807, 2.05) is 34.1 Å². The van der Waals surface area contributed by atoms with Gasteiger partial charge >= 0.3 is 11.9 Å². The molecule has 0 bridgehead atoms. The van der Waals surface area contributed by atoms with E-state index in [1.165, 1.54) is 45.9 Å². The lowest BCUT2D eigenvalue weighted by Gasteiger charge is -2.34. The normalized spacial score (nSPS) is 14.7. The molecule has 13 nitrogen and oxygen atoms in total. The van der Waals surface area contributed by atoms with Gasteiger partial charge in [0.2, 0.25) is 5.95 Å². The molecule has 0 fully saturated rings. The minimum absolute atomic E-state index is 0.00977. The average Bonchev–Trinajstić information content (AvgIpc) is 3.41. The van der Waals surface area contributed by atoms with Crippen molar-refractivity contribution in [1.82, 2.24) is 14.3 Å². The first-order chi connectivity index (χ1) is 25.6. The van der Waals surface area contributed by atoms with Gasteiger partial charge in [0.15, 0.2) is 9.84 Å². The molecule has 2 heterocycles. The Hall–Kier alpha value is -5.27. The molecule has 0 spiro atoms. The maximum absolute atomic E-state index is 13.9. The Kier molecular flexibility index (Phi) is 12.8. The van der Waals surface area contributed by atoms with Gasteiger partial charge in [-0.2, -0.15) is 32.1 Å². The lowest BCUT2D eigenvalue weighted by Crippen LogP contribution is -2.36. The Morgan fingerprint density at radius 2 is 1.51 bits per heavy atom. The van der Waals surface area contributed by atoms with Gasteiger partial charge in [-0.3, -0.25) is 9.45 Å². The van der Waals surface area contributed by atoms with Gasteiger partial charge in [0.25, 0.3) is 10.1 Å². The molecular formula is C37H41F3N7O6S2+. The lowest BCUT2D eigenvalue weighted by molar-refractivity contribution is -0.870. The molecule has 1 unspecified atom stereocenters. The van der Waals surface area contributed by atoms with E-state index in [2.05, 4.69) is 11.2 Å². The molecule has 4 aromatic rings. The van der Waals surface area contributed by atoms with Gasteiger partial charge in [0.1, 0.15) is 6.04 Å². The van der Waals surface area contributed by atoms with Crippen LogP contribution >= 0.6 is 0 Å². The highest BCUT2D eigenvalue weighted by molar-refractivity contribution is 7.91. The molecule has 3 aromatic carbocycles. The summed E-state index contributed by atoms with van der Waals surface area (Å²) < 4.78 is 98.7. The Morgan fingerprint density at radius 3 is 2.05 bits per heavy atom. The van der Waals surface area contributed by atoms with E-state index in [1.54, 1.807) is 31.2 Å². The molecule has 0 radical (unpaired) electrons. The SMILES string of the molecule is CC1=C(C#N)C(c2ccc(C#N)cc2)n2c(nn(CCCS(=O)(=O)CCC[N+](C)(C)C)c2=O)N1c1cccc(C(F)(F)F)c1.Cc1ccc(S(=O)(=O)O)cc1. The molecule has 1 aliphatic rings. The number of hydrogen-bond donors (Lipinski definition) is 1. The number of rotatable bonds is 11. The van der Waals surface area contributed by atoms with Crippen molar-refractivity contribution >= 4 is 31.6 Å². The number of sulfone groups is 1. The fourth-order valence-corrected chi connectivity index (χ4v) is 7.69. The fourth-order valence-electron chi connectivity index (χ4n) is 5.86. The lowest BCUT2D eigenvalue weighted by atomic mass is 9.94. The number of fused-ring (bicyclic) bond motifs is 1. The molecule has 18 heteroatoms. The Labute approximate surface area is 318 Å². The highest BCUT2D eigenvalue weighted by atomic mass is 32.2. The van der Waals surface area contributed by atoms with E-state index in [0.29, 0.717) is 28.6 Å². The van der Waals surface area contributed by atoms with E-state index in [9.17, 15) is 45.3 Å². The molecule has 0 amide bonds. The van der Waals surface area contributed by atoms with Crippen LogP contribution in [-0.2, 0) is 32.7 Å². The summed E-state index contributed by atoms with van der Waals surface area (Å²) in [6, 6.07) is 19.9. The van der Waals surface area contributed by atoms with E-state index in [4.69, 9.17) is 4.55 Å². The van der Waals surface area contributed by atoms with E-state index in [0.717, 1.165) is 22.4 Å². The predicted molar refractivity (Wildman–Crippen MR) is 199 cm³/mol. The summed E-state index contributed by atoms with van der Waals surface area (Å²) in [5.74, 6) is -0.183. The molecule has 1 N–H and O–H groups in total. The van der Waals surface area contributed by atoms with Crippen molar-refractivity contribution < 1.29 is 39.0 Å². The first-order valence-electron chi connectivity index (χ1n) is 16.9. The van der Waals surface area contributed by atoms with E-state index >= 15 is 0 Å². The number of hydrogen-bond acceptors (Lipinski definition) is 9. The van der Waals surface area contributed by atoms with Crippen molar-refractivity contribution in [2.24, 2.45) is 0 Å². The first kappa shape index (κ1) is 42.5. The highest BCUT2D eigenvalue weighted by Crippen LogP contribution is 2.42. The minimum Gasteiger partial charge on any atom is -0.331 e. The van der Waals surface area contributed by atoms with Gasteiger partial charge in [-0.15, -0.1) is 5.10 Å². The molecule has 1 aromatic heterocycles. The van der Waals surface area contributed by atoms with Crippen molar-refractivity contribution in [3.8, 4) is 12.1 Å². The van der Waals surface area contributed by atoms with Crippen LogP contribution < -0.4 is 10.6 Å². The van der Waals surface area contributed by atoms with Crippen LogP contribution in [-0.4, -0.2) is 79.4 Å². The monoisotopic (exact) mass is 800 g/mol. The summed E-state index contributed by atoms with van der Waals surface area (Å²) in [5.41, 5.74) is 0.644. The van der Waals surface area contributed by atoms with Gasteiger partial charge in [0, 0.05) is 24.4 Å². The van der Waals surface area contributed by atoms with Crippen LogP contribution in [0.3, 0.4) is 0 Å². The van der Waals surface area contributed by atoms with Gasteiger partial charge < -0.3 is 4.48 Å². The average molecular weight is 801 g/mol. The van der Waals surface area contributed by atoms with Crippen LogP contribution in [0.15, 0.2) is 93.8 Å². The van der Waals surface area contributed by atoms with E-state index < -0.39 is 43.4 Å². The number of quaternary nitrogens is 1. The molecule has 55 heavy (non-hydrogen) atoms. The van der Waals surface area contributed by atoms with Crippen LogP contribution in [0, 0.1) is 29.6 Å². The number of benzene rings is 3. The van der Waals surface area contributed by atoms with Crippen LogP contribution in [0.4, 0.5) is 24.8 Å². The van der Waals surface area contributed by atoms with Crippen molar-refractivity contribution in [3.63, 3.8) is 0 Å². The molecule has 1 aliphatic heterocycles. The first-order valence-corrected chi connectivity index (χ1v) is 20.1. The summed E-state index contributed by atoms with van der Waals surface area (Å²) in [5, 5.41) is 23.9. The smallest absolute Gasteiger partial charge is 0.331 e. The third-order valence-electron chi connectivity index (χ3n) is 8.65. The van der Waals surface area contributed by atoms with Crippen molar-refractivity contribution in [3.05, 3.63) is 117 Å². The third kappa shape index (κ3) is 10.7. The summed E-state index contributed by atoms with van der Waals surface area (Å²) >= 11 is 0. The number of alkyl halides is 3. The van der Waals surface area contributed by atoms with E-state index in [-0.39, 0.29) is 52.3 Å². The fraction of sp³-hybridized carbons (Fsp3) is 0.351. The van der Waals surface area contributed by atoms with Gasteiger partial charge in [-0.05, 0) is 68.3 Å². The van der Waals surface area contributed by atoms with Crippen LogP contribution in [0.1, 0.15) is 48.1 Å². The van der Waals surface area contributed by atoms with Gasteiger partial charge in [0.05, 0.1) is 72.9 Å². The van der Waals surface area contributed by atoms with Crippen molar-refractivity contribution in [2.45, 2.75) is 50.3 Å². The molecule has 0 aliphatic carbocycles. The second-order valence-corrected chi connectivity index (χ2v) is 17.7. The van der Waals surface area contributed by atoms with Crippen molar-refractivity contribution in [1.29, 1.82) is 10.5 Å². The van der Waals surface area contributed by atoms with Crippen LogP contribution in [0.2, 0.25) is 0 Å². The zero-order chi connectivity index (χ0) is 40.9. The number of allylic oxidation sites excluding steroid dienone is 2. The van der Waals surface area contributed by atoms with Crippen molar-refractivity contribution in [2.75, 3.05) is 44.1 Å². The Morgan fingerprint density at radius 1 is 0.891 bits per heavy atom. The number of nitriles is 2. The second-order valence-electron chi connectivity index (χ2n) is 14.0. The molecule has 0 saturated carbocycles. The zero-order valence-corrected chi connectivity index (χ0v) is 32.5. The molecular weight excluding hydrogens is 760 g/mol. The molecule has 292 valence electrons. The second kappa shape index (κ2) is 16.6. The number of aryl methyl sites for hydroxylation is 2. The largest absolute Gasteiger partial charge is 0.416 e. The van der Waals surface area contributed by atoms with Gasteiger partial charge in [-0.25, -0.2) is 22.5 Å². The Bertz CT molecular complexity index is 2420. The molecule has 5 rings (SSSR count). The summed E-state index contributed by atoms with van der Waals surface area (Å²) in [6.45, 7) is 4.02. The summed E-state index contributed by atoms with van der Waals surface area (Å²) in [4.78, 5) is 15.1. The summed E-state index contributed by atoms with van der Waals surface area (Å²) in [6.07, 6.45) is -4.06. The van der Waals surface area contributed by atoms with Gasteiger partial charge in [-0.1, -0.05) is 35.9 Å². The standard InChI is InChI=1S/C30H33F3N7O3S.C7H8O3S/c1-21-26(20-35)27(23-12-10-22(19-34)11-13-23)39-28(38(21)25-9-5-8-24(18-25)30(31,32)33)36-37(29(39)41)14-6-16-44(42,43)17-7-15-40(2,3)4;1-6-2-4-7(5-3-6)11(8,9)10/h5,8-13,18,27H,6-7,14-17H2,1-4H3;2-5H,1H3,(H,8,9,10)/q+1;. The highest BCUT2D eigenvalue weighted by Gasteiger charge is 2.38. The maximum atomic E-state index is 13.9. The topological polar surface area (TPSA) is 179 Å². The Balaban J connectivity index is 0.000000525. The summed E-state index contributed by atoms with van der Waals surface area (Å²) in [7, 11) is -1.50. The number of halogens is 3. The predicted octanol–water partition coefficient (Wildman–Crippen LogP) is 5.62. The number of anilines is 2. The van der Waals surface area contributed by atoms with Crippen LogP contribution in [0.25, 0.3) is 0 Å². The zero-order valence-electron chi connectivity index (χ0n) is 30.8. The number of aromatic nitrogens is 3. The molecule has 1 atom stereocenters.